The third kappa shape index (κ3) is 2.64. The minimum absolute atomic E-state index is 0.245. The molecule has 1 N–H and O–H groups in total. The van der Waals surface area contributed by atoms with Crippen LogP contribution in [0, 0.1) is 0 Å². The van der Waals surface area contributed by atoms with Crippen LogP contribution in [-0.2, 0) is 19.0 Å². The van der Waals surface area contributed by atoms with Crippen LogP contribution in [0.25, 0.3) is 0 Å². The van der Waals surface area contributed by atoms with E-state index >= 15 is 0 Å². The molecule has 21 heavy (non-hydrogen) atoms. The second-order valence-corrected chi connectivity index (χ2v) is 6.58. The van der Waals surface area contributed by atoms with Crippen molar-refractivity contribution in [2.75, 3.05) is 11.0 Å². The van der Waals surface area contributed by atoms with Crippen LogP contribution >= 0.6 is 22.6 Å². The van der Waals surface area contributed by atoms with E-state index in [4.69, 9.17) is 14.2 Å². The Morgan fingerprint density at radius 3 is 2.71 bits per heavy atom. The number of ether oxygens (including phenoxy) is 3. The highest BCUT2D eigenvalue weighted by Crippen LogP contribution is 2.40. The van der Waals surface area contributed by atoms with Crippen LogP contribution in [0.3, 0.4) is 0 Å². The lowest BCUT2D eigenvalue weighted by atomic mass is 10.1. The predicted molar refractivity (Wildman–Crippen MR) is 76.5 cm³/mol. The van der Waals surface area contributed by atoms with Crippen molar-refractivity contribution in [1.82, 2.24) is 10.2 Å². The minimum atomic E-state index is -1.77. The quantitative estimate of drug-likeness (QED) is 0.528. The molecular formula is C12H16FIN2O5. The smallest absolute Gasteiger partial charge is 0.326 e. The average Bonchev–Trinajstić information content (AvgIpc) is 2.87. The molecule has 118 valence electrons. The van der Waals surface area contributed by atoms with E-state index in [0.29, 0.717) is 4.43 Å². The molecule has 7 nitrogen and oxygen atoms in total. The fourth-order valence-electron chi connectivity index (χ4n) is 2.85. The molecule has 0 aromatic heterocycles. The fraction of sp³-hybridized carbons (Fsp3) is 0.833. The van der Waals surface area contributed by atoms with Gasteiger partial charge in [0.05, 0.1) is 12.6 Å². The maximum Gasteiger partial charge on any atom is 0.326 e. The fourth-order valence-corrected chi connectivity index (χ4v) is 3.56. The Labute approximate surface area is 134 Å². The van der Waals surface area contributed by atoms with Crippen molar-refractivity contribution in [2.45, 2.75) is 50.3 Å². The van der Waals surface area contributed by atoms with Crippen molar-refractivity contribution < 1.29 is 28.2 Å². The van der Waals surface area contributed by atoms with Crippen LogP contribution in [0.4, 0.5) is 9.18 Å². The lowest BCUT2D eigenvalue weighted by Crippen LogP contribution is -2.61. The maximum absolute atomic E-state index is 13.6. The highest BCUT2D eigenvalue weighted by molar-refractivity contribution is 14.1. The zero-order valence-electron chi connectivity index (χ0n) is 11.5. The number of fused-ring (bicyclic) bond motifs is 1. The van der Waals surface area contributed by atoms with E-state index in [-0.39, 0.29) is 18.8 Å². The summed E-state index contributed by atoms with van der Waals surface area (Å²) in [5.74, 6) is -1.70. The van der Waals surface area contributed by atoms with Crippen molar-refractivity contribution in [1.29, 1.82) is 0 Å². The Kier molecular flexibility index (Phi) is 3.87. The van der Waals surface area contributed by atoms with E-state index in [0.717, 1.165) is 0 Å². The first-order valence-corrected chi connectivity index (χ1v) is 8.17. The van der Waals surface area contributed by atoms with Gasteiger partial charge in [-0.1, -0.05) is 22.6 Å². The molecule has 0 aromatic carbocycles. The van der Waals surface area contributed by atoms with Crippen molar-refractivity contribution >= 4 is 34.5 Å². The van der Waals surface area contributed by atoms with Crippen molar-refractivity contribution in [2.24, 2.45) is 0 Å². The molecular weight excluding hydrogens is 398 g/mol. The van der Waals surface area contributed by atoms with Gasteiger partial charge in [-0.3, -0.25) is 15.0 Å². The van der Waals surface area contributed by atoms with Gasteiger partial charge in [-0.2, -0.15) is 0 Å². The van der Waals surface area contributed by atoms with Crippen molar-refractivity contribution in [3.8, 4) is 0 Å². The number of urea groups is 1. The zero-order chi connectivity index (χ0) is 15.4. The normalized spacial score (nSPS) is 42.1. The SMILES string of the molecule is CC1(C)OC2[C@@H](O1)[C@@H](CI)O[C@H]2N1CC(F)C(=O)NC1=O. The van der Waals surface area contributed by atoms with Gasteiger partial charge in [-0.15, -0.1) is 0 Å². The summed E-state index contributed by atoms with van der Waals surface area (Å²) in [4.78, 5) is 24.3. The summed E-state index contributed by atoms with van der Waals surface area (Å²) in [5, 5.41) is 1.98. The molecule has 3 rings (SSSR count). The first kappa shape index (κ1) is 15.4. The molecule has 0 saturated carbocycles. The Bertz CT molecular complexity index is 477. The summed E-state index contributed by atoms with van der Waals surface area (Å²) in [6.07, 6.45) is -3.58. The molecule has 5 atom stereocenters. The monoisotopic (exact) mass is 414 g/mol. The van der Waals surface area contributed by atoms with E-state index < -0.39 is 36.2 Å². The lowest BCUT2D eigenvalue weighted by molar-refractivity contribution is -0.199. The van der Waals surface area contributed by atoms with Gasteiger partial charge in [0.2, 0.25) is 0 Å². The van der Waals surface area contributed by atoms with Gasteiger partial charge >= 0.3 is 6.03 Å². The third-order valence-electron chi connectivity index (χ3n) is 3.72. The summed E-state index contributed by atoms with van der Waals surface area (Å²) < 4.78 is 31.7. The van der Waals surface area contributed by atoms with Gasteiger partial charge in [0.1, 0.15) is 12.2 Å². The first-order valence-electron chi connectivity index (χ1n) is 6.65. The molecule has 0 aromatic rings. The van der Waals surface area contributed by atoms with Crippen LogP contribution in [0.15, 0.2) is 0 Å². The number of imide groups is 1. The Morgan fingerprint density at radius 2 is 2.05 bits per heavy atom. The Balaban J connectivity index is 1.82. The summed E-state index contributed by atoms with van der Waals surface area (Å²) in [6.45, 7) is 3.23. The second-order valence-electron chi connectivity index (χ2n) is 5.70. The van der Waals surface area contributed by atoms with Crippen LogP contribution in [0.2, 0.25) is 0 Å². The van der Waals surface area contributed by atoms with Gasteiger partial charge in [-0.05, 0) is 13.8 Å². The van der Waals surface area contributed by atoms with E-state index in [9.17, 15) is 14.0 Å². The topological polar surface area (TPSA) is 77.1 Å². The summed E-state index contributed by atoms with van der Waals surface area (Å²) >= 11 is 2.16. The molecule has 2 unspecified atom stereocenters. The largest absolute Gasteiger partial charge is 0.348 e. The molecule has 3 heterocycles. The highest BCUT2D eigenvalue weighted by Gasteiger charge is 2.58. The Morgan fingerprint density at radius 1 is 1.38 bits per heavy atom. The third-order valence-corrected chi connectivity index (χ3v) is 4.59. The summed E-state index contributed by atoms with van der Waals surface area (Å²) in [5.41, 5.74) is 0. The standard InChI is InChI=1S/C12H16FIN2O5/c1-12(2)20-7-6(3-14)19-10(8(7)21-12)16-4-5(13)9(17)15-11(16)18/h5-8,10H,3-4H2,1-2H3,(H,15,17,18)/t5?,6-,7+,8?,10-/m1/s1. The number of nitrogens with one attached hydrogen (secondary N) is 1. The molecule has 0 spiro atoms. The minimum Gasteiger partial charge on any atom is -0.348 e. The van der Waals surface area contributed by atoms with E-state index in [1.807, 2.05) is 5.32 Å². The van der Waals surface area contributed by atoms with Gasteiger partial charge in [-0.25, -0.2) is 9.18 Å². The maximum atomic E-state index is 13.6. The van der Waals surface area contributed by atoms with Crippen molar-refractivity contribution in [3.63, 3.8) is 0 Å². The molecule has 0 radical (unpaired) electrons. The second kappa shape index (κ2) is 5.28. The van der Waals surface area contributed by atoms with Gasteiger partial charge in [0.25, 0.3) is 5.91 Å². The Hall–Kier alpha value is -0.520. The number of hydrogen-bond donors (Lipinski definition) is 1. The summed E-state index contributed by atoms with van der Waals surface area (Å²) in [7, 11) is 0. The molecule has 3 fully saturated rings. The van der Waals surface area contributed by atoms with Crippen LogP contribution < -0.4 is 5.32 Å². The number of nitrogens with zero attached hydrogens (tertiary/aromatic N) is 1. The van der Waals surface area contributed by atoms with Gasteiger partial charge < -0.3 is 14.2 Å². The zero-order valence-corrected chi connectivity index (χ0v) is 13.7. The van der Waals surface area contributed by atoms with E-state index in [1.54, 1.807) is 13.8 Å². The average molecular weight is 414 g/mol. The molecule has 3 aliphatic rings. The number of carbonyl (C=O) groups excluding carboxylic acids is 2. The molecule has 9 heteroatoms. The molecule has 3 saturated heterocycles. The summed E-state index contributed by atoms with van der Waals surface area (Å²) in [6, 6.07) is -0.667. The van der Waals surface area contributed by atoms with E-state index in [2.05, 4.69) is 22.6 Å². The first-order chi connectivity index (χ1) is 9.82. The number of rotatable bonds is 2. The number of hydrogen-bond acceptors (Lipinski definition) is 5. The predicted octanol–water partition coefficient (Wildman–Crippen LogP) is 0.556. The number of carbonyl (C=O) groups is 2. The van der Waals surface area contributed by atoms with Crippen LogP contribution in [0.5, 0.6) is 0 Å². The highest BCUT2D eigenvalue weighted by atomic mass is 127. The molecule has 3 amide bonds. The molecule has 3 aliphatic heterocycles. The van der Waals surface area contributed by atoms with Gasteiger partial charge in [0, 0.05) is 4.43 Å². The number of amides is 3. The van der Waals surface area contributed by atoms with Crippen molar-refractivity contribution in [3.05, 3.63) is 0 Å². The van der Waals surface area contributed by atoms with Crippen LogP contribution in [0.1, 0.15) is 13.8 Å². The molecule has 0 aliphatic carbocycles. The van der Waals surface area contributed by atoms with Gasteiger partial charge in [0.15, 0.2) is 18.2 Å². The van der Waals surface area contributed by atoms with E-state index in [1.165, 1.54) is 4.90 Å². The molecule has 0 bridgehead atoms. The number of alkyl halides is 2. The lowest BCUT2D eigenvalue weighted by Gasteiger charge is -2.35. The number of halogens is 2. The van der Waals surface area contributed by atoms with Crippen LogP contribution in [-0.4, -0.2) is 64.3 Å².